The zero-order valence-corrected chi connectivity index (χ0v) is 11.4. The summed E-state index contributed by atoms with van der Waals surface area (Å²) < 4.78 is 13.7. The van der Waals surface area contributed by atoms with Crippen molar-refractivity contribution in [1.29, 1.82) is 5.26 Å². The molecule has 0 bridgehead atoms. The summed E-state index contributed by atoms with van der Waals surface area (Å²) in [4.78, 5) is 0. The van der Waals surface area contributed by atoms with E-state index in [4.69, 9.17) is 5.26 Å². The number of rotatable bonds is 5. The second-order valence-corrected chi connectivity index (χ2v) is 4.86. The lowest BCUT2D eigenvalue weighted by Gasteiger charge is -2.13. The summed E-state index contributed by atoms with van der Waals surface area (Å²) in [6.45, 7) is 3.38. The number of halogens is 1. The monoisotopic (exact) mass is 268 g/mol. The zero-order chi connectivity index (χ0) is 14.4. The number of benzene rings is 2. The second-order valence-electron chi connectivity index (χ2n) is 4.86. The molecule has 0 saturated heterocycles. The topological polar surface area (TPSA) is 35.8 Å². The Bertz CT molecular complexity index is 602. The summed E-state index contributed by atoms with van der Waals surface area (Å²) in [6, 6.07) is 16.7. The Morgan fingerprint density at radius 3 is 2.60 bits per heavy atom. The number of nitriles is 1. The molecule has 0 aliphatic heterocycles. The van der Waals surface area contributed by atoms with Gasteiger partial charge in [0.15, 0.2) is 0 Å². The Labute approximate surface area is 118 Å². The SMILES string of the molecule is CC(CNCc1ccc(C#N)cc1F)c1ccccc1. The van der Waals surface area contributed by atoms with Crippen LogP contribution < -0.4 is 5.32 Å². The van der Waals surface area contributed by atoms with E-state index in [9.17, 15) is 4.39 Å². The van der Waals surface area contributed by atoms with Gasteiger partial charge in [0.05, 0.1) is 11.6 Å². The lowest BCUT2D eigenvalue weighted by atomic mass is 10.0. The molecular weight excluding hydrogens is 251 g/mol. The van der Waals surface area contributed by atoms with E-state index in [1.807, 2.05) is 24.3 Å². The van der Waals surface area contributed by atoms with Gasteiger partial charge in [0.25, 0.3) is 0 Å². The van der Waals surface area contributed by atoms with Gasteiger partial charge in [-0.2, -0.15) is 5.26 Å². The van der Waals surface area contributed by atoms with Crippen molar-refractivity contribution in [2.24, 2.45) is 0 Å². The Morgan fingerprint density at radius 1 is 1.20 bits per heavy atom. The molecule has 0 fully saturated rings. The highest BCUT2D eigenvalue weighted by atomic mass is 19.1. The molecule has 0 aliphatic rings. The van der Waals surface area contributed by atoms with E-state index in [-0.39, 0.29) is 5.82 Å². The maximum absolute atomic E-state index is 13.7. The van der Waals surface area contributed by atoms with Gasteiger partial charge in [-0.1, -0.05) is 43.3 Å². The molecule has 2 aromatic carbocycles. The third-order valence-electron chi connectivity index (χ3n) is 3.32. The van der Waals surface area contributed by atoms with Crippen molar-refractivity contribution in [3.8, 4) is 6.07 Å². The van der Waals surface area contributed by atoms with Crippen molar-refractivity contribution >= 4 is 0 Å². The van der Waals surface area contributed by atoms with Crippen LogP contribution in [0.3, 0.4) is 0 Å². The van der Waals surface area contributed by atoms with Crippen LogP contribution in [0, 0.1) is 17.1 Å². The van der Waals surface area contributed by atoms with Crippen LogP contribution in [-0.4, -0.2) is 6.54 Å². The van der Waals surface area contributed by atoms with Crippen LogP contribution in [0.4, 0.5) is 4.39 Å². The van der Waals surface area contributed by atoms with Gasteiger partial charge in [0, 0.05) is 18.7 Å². The number of nitrogens with zero attached hydrogens (tertiary/aromatic N) is 1. The summed E-state index contributed by atoms with van der Waals surface area (Å²) in [5.41, 5.74) is 2.20. The van der Waals surface area contributed by atoms with Gasteiger partial charge in [-0.25, -0.2) is 4.39 Å². The van der Waals surface area contributed by atoms with E-state index in [0.29, 0.717) is 23.6 Å². The van der Waals surface area contributed by atoms with Gasteiger partial charge in [-0.3, -0.25) is 0 Å². The molecule has 1 atom stereocenters. The van der Waals surface area contributed by atoms with Crippen molar-refractivity contribution in [2.75, 3.05) is 6.54 Å². The Balaban J connectivity index is 1.89. The fourth-order valence-corrected chi connectivity index (χ4v) is 2.08. The highest BCUT2D eigenvalue weighted by Gasteiger charge is 2.06. The van der Waals surface area contributed by atoms with Gasteiger partial charge in [0.2, 0.25) is 0 Å². The molecule has 2 aromatic rings. The molecule has 1 N–H and O–H groups in total. The fraction of sp³-hybridized carbons (Fsp3) is 0.235. The lowest BCUT2D eigenvalue weighted by molar-refractivity contribution is 0.570. The Hall–Kier alpha value is -2.18. The quantitative estimate of drug-likeness (QED) is 0.899. The van der Waals surface area contributed by atoms with Crippen LogP contribution in [0.2, 0.25) is 0 Å². The smallest absolute Gasteiger partial charge is 0.129 e. The molecule has 0 heterocycles. The summed E-state index contributed by atoms with van der Waals surface area (Å²) in [7, 11) is 0. The van der Waals surface area contributed by atoms with Crippen LogP contribution in [0.1, 0.15) is 29.5 Å². The zero-order valence-electron chi connectivity index (χ0n) is 11.4. The number of hydrogen-bond donors (Lipinski definition) is 1. The minimum Gasteiger partial charge on any atom is -0.312 e. The first-order chi connectivity index (χ1) is 9.70. The van der Waals surface area contributed by atoms with Crippen molar-refractivity contribution in [3.63, 3.8) is 0 Å². The largest absolute Gasteiger partial charge is 0.312 e. The predicted molar refractivity (Wildman–Crippen MR) is 77.7 cm³/mol. The standard InChI is InChI=1S/C17H17FN2/c1-13(15-5-3-2-4-6-15)11-20-12-16-8-7-14(10-19)9-17(16)18/h2-9,13,20H,11-12H2,1H3. The predicted octanol–water partition coefficient (Wildman–Crippen LogP) is 3.59. The minimum absolute atomic E-state index is 0.330. The third kappa shape index (κ3) is 3.66. The van der Waals surface area contributed by atoms with Gasteiger partial charge >= 0.3 is 0 Å². The normalized spacial score (nSPS) is 11.8. The lowest BCUT2D eigenvalue weighted by Crippen LogP contribution is -2.20. The summed E-state index contributed by atoms with van der Waals surface area (Å²) in [5, 5.41) is 12.0. The van der Waals surface area contributed by atoms with E-state index < -0.39 is 0 Å². The highest BCUT2D eigenvalue weighted by molar-refractivity contribution is 5.32. The average molecular weight is 268 g/mol. The highest BCUT2D eigenvalue weighted by Crippen LogP contribution is 2.14. The van der Waals surface area contributed by atoms with Crippen LogP contribution in [0.25, 0.3) is 0 Å². The van der Waals surface area contributed by atoms with Crippen LogP contribution in [-0.2, 0) is 6.54 Å². The van der Waals surface area contributed by atoms with Gasteiger partial charge < -0.3 is 5.32 Å². The molecule has 102 valence electrons. The van der Waals surface area contributed by atoms with Gasteiger partial charge in [0.1, 0.15) is 5.82 Å². The molecule has 3 heteroatoms. The Kier molecular flexibility index (Phi) is 4.86. The van der Waals surface area contributed by atoms with Crippen molar-refractivity contribution < 1.29 is 4.39 Å². The van der Waals surface area contributed by atoms with Crippen LogP contribution >= 0.6 is 0 Å². The van der Waals surface area contributed by atoms with Gasteiger partial charge in [-0.05, 0) is 23.6 Å². The molecule has 20 heavy (non-hydrogen) atoms. The van der Waals surface area contributed by atoms with E-state index in [1.165, 1.54) is 11.6 Å². The number of nitrogens with one attached hydrogen (secondary N) is 1. The molecule has 0 amide bonds. The maximum Gasteiger partial charge on any atom is 0.129 e. The van der Waals surface area contributed by atoms with E-state index in [0.717, 1.165) is 6.54 Å². The first-order valence-electron chi connectivity index (χ1n) is 6.65. The van der Waals surface area contributed by atoms with Crippen molar-refractivity contribution in [1.82, 2.24) is 5.32 Å². The summed E-state index contributed by atoms with van der Waals surface area (Å²) >= 11 is 0. The fourth-order valence-electron chi connectivity index (χ4n) is 2.08. The molecular formula is C17H17FN2. The molecule has 1 unspecified atom stereocenters. The van der Waals surface area contributed by atoms with Crippen LogP contribution in [0.5, 0.6) is 0 Å². The Morgan fingerprint density at radius 2 is 1.95 bits per heavy atom. The summed E-state index contributed by atoms with van der Waals surface area (Å²) in [6.07, 6.45) is 0. The first-order valence-corrected chi connectivity index (χ1v) is 6.65. The molecule has 2 nitrogen and oxygen atoms in total. The van der Waals surface area contributed by atoms with Crippen LogP contribution in [0.15, 0.2) is 48.5 Å². The number of hydrogen-bond acceptors (Lipinski definition) is 2. The van der Waals surface area contributed by atoms with E-state index >= 15 is 0 Å². The minimum atomic E-state index is -0.330. The van der Waals surface area contributed by atoms with Crippen molar-refractivity contribution in [2.45, 2.75) is 19.4 Å². The maximum atomic E-state index is 13.7. The average Bonchev–Trinajstić information content (AvgIpc) is 2.49. The summed E-state index contributed by atoms with van der Waals surface area (Å²) in [5.74, 6) is 0.0431. The molecule has 0 saturated carbocycles. The van der Waals surface area contributed by atoms with E-state index in [2.05, 4.69) is 24.4 Å². The molecule has 0 spiro atoms. The van der Waals surface area contributed by atoms with Gasteiger partial charge in [-0.15, -0.1) is 0 Å². The van der Waals surface area contributed by atoms with Crippen molar-refractivity contribution in [3.05, 3.63) is 71.0 Å². The molecule has 2 rings (SSSR count). The second kappa shape index (κ2) is 6.83. The molecule has 0 aliphatic carbocycles. The van der Waals surface area contributed by atoms with E-state index in [1.54, 1.807) is 12.1 Å². The third-order valence-corrected chi connectivity index (χ3v) is 3.32. The first kappa shape index (κ1) is 14.2. The molecule has 0 radical (unpaired) electrons. The molecule has 0 aromatic heterocycles.